The van der Waals surface area contributed by atoms with Gasteiger partial charge < -0.3 is 16.0 Å². The molecule has 0 radical (unpaired) electrons. The normalized spacial score (nSPS) is 19.5. The molecule has 0 bridgehead atoms. The predicted molar refractivity (Wildman–Crippen MR) is 97.0 cm³/mol. The van der Waals surface area contributed by atoms with Gasteiger partial charge in [0.2, 0.25) is 11.8 Å². The molecule has 7 nitrogen and oxygen atoms in total. The van der Waals surface area contributed by atoms with E-state index in [4.69, 9.17) is 5.73 Å². The minimum Gasteiger partial charge on any atom is -0.330 e. The van der Waals surface area contributed by atoms with Crippen molar-refractivity contribution in [2.45, 2.75) is 38.4 Å². The molecule has 1 fully saturated rings. The van der Waals surface area contributed by atoms with E-state index in [1.165, 1.54) is 0 Å². The van der Waals surface area contributed by atoms with E-state index in [2.05, 4.69) is 17.2 Å². The number of carbonyl (C=O) groups excluding carboxylic acids is 3. The van der Waals surface area contributed by atoms with E-state index in [9.17, 15) is 14.4 Å². The van der Waals surface area contributed by atoms with Crippen LogP contribution in [-0.4, -0.2) is 41.8 Å². The van der Waals surface area contributed by atoms with E-state index in [0.717, 1.165) is 23.1 Å². The maximum atomic E-state index is 12.6. The number of nitrogens with two attached hydrogens (primary N) is 1. The van der Waals surface area contributed by atoms with E-state index in [1.54, 1.807) is 4.90 Å². The largest absolute Gasteiger partial charge is 0.330 e. The van der Waals surface area contributed by atoms with Crippen molar-refractivity contribution < 1.29 is 14.4 Å². The summed E-state index contributed by atoms with van der Waals surface area (Å²) >= 11 is 0. The fourth-order valence-corrected chi connectivity index (χ4v) is 3.41. The average Bonchev–Trinajstić information content (AvgIpc) is 2.91. The first-order chi connectivity index (χ1) is 12.5. The molecular formula is C19H24N4O3. The number of nitrogens with zero attached hydrogens (tertiary/aromatic N) is 1. The Labute approximate surface area is 152 Å². The minimum absolute atomic E-state index is 0.148. The molecule has 0 aromatic heterocycles. The summed E-state index contributed by atoms with van der Waals surface area (Å²) in [6.07, 6.45) is 1.44. The number of amides is 3. The summed E-state index contributed by atoms with van der Waals surface area (Å²) in [4.78, 5) is 37.6. The van der Waals surface area contributed by atoms with Crippen molar-refractivity contribution in [3.05, 3.63) is 47.0 Å². The molecule has 26 heavy (non-hydrogen) atoms. The van der Waals surface area contributed by atoms with Crippen LogP contribution in [0.2, 0.25) is 0 Å². The van der Waals surface area contributed by atoms with Gasteiger partial charge in [0.25, 0.3) is 5.91 Å². The summed E-state index contributed by atoms with van der Waals surface area (Å²) in [5.41, 5.74) is 9.19. The van der Waals surface area contributed by atoms with Gasteiger partial charge in [-0.2, -0.15) is 0 Å². The van der Waals surface area contributed by atoms with Crippen molar-refractivity contribution in [2.24, 2.45) is 5.73 Å². The lowest BCUT2D eigenvalue weighted by Crippen LogP contribution is -2.52. The van der Waals surface area contributed by atoms with Crippen molar-refractivity contribution in [1.29, 1.82) is 0 Å². The van der Waals surface area contributed by atoms with Crippen LogP contribution in [0.3, 0.4) is 0 Å². The zero-order valence-electron chi connectivity index (χ0n) is 14.7. The summed E-state index contributed by atoms with van der Waals surface area (Å²) < 4.78 is 0. The molecular weight excluding hydrogens is 332 g/mol. The Morgan fingerprint density at radius 3 is 2.88 bits per heavy atom. The second-order valence-corrected chi connectivity index (χ2v) is 6.78. The quantitative estimate of drug-likeness (QED) is 0.486. The van der Waals surface area contributed by atoms with Crippen LogP contribution in [0.1, 0.15) is 40.7 Å². The highest BCUT2D eigenvalue weighted by Crippen LogP contribution is 2.28. The standard InChI is InChI=1S/C19H24N4O3/c1-12(6-7-20)9-21-10-13-2-3-15-14(8-13)11-23(19(15)26)16-4-5-17(24)22-18(16)25/h2-3,8,16,21H,1,4-7,9-11,20H2,(H,22,24,25). The molecule has 1 atom stereocenters. The molecule has 1 unspecified atom stereocenters. The van der Waals surface area contributed by atoms with Crippen LogP contribution in [0.25, 0.3) is 0 Å². The first kappa shape index (κ1) is 18.3. The molecule has 3 rings (SSSR count). The van der Waals surface area contributed by atoms with Crippen LogP contribution >= 0.6 is 0 Å². The van der Waals surface area contributed by atoms with Gasteiger partial charge in [-0.05, 0) is 36.6 Å². The Bertz CT molecular complexity index is 759. The molecule has 138 valence electrons. The average molecular weight is 356 g/mol. The molecule has 0 spiro atoms. The van der Waals surface area contributed by atoms with Crippen LogP contribution in [0.15, 0.2) is 30.4 Å². The molecule has 2 heterocycles. The molecule has 0 aliphatic carbocycles. The number of hydrogen-bond donors (Lipinski definition) is 3. The molecule has 3 amide bonds. The Kier molecular flexibility index (Phi) is 5.49. The zero-order chi connectivity index (χ0) is 18.7. The SMILES string of the molecule is C=C(CCN)CNCc1ccc2c(c1)CN(C1CCC(=O)NC1=O)C2=O. The highest BCUT2D eigenvalue weighted by Gasteiger charge is 2.38. The molecule has 1 saturated heterocycles. The molecule has 1 aromatic carbocycles. The van der Waals surface area contributed by atoms with Gasteiger partial charge >= 0.3 is 0 Å². The van der Waals surface area contributed by atoms with Gasteiger partial charge in [0.05, 0.1) is 0 Å². The van der Waals surface area contributed by atoms with Gasteiger partial charge in [-0.25, -0.2) is 0 Å². The second kappa shape index (κ2) is 7.80. The lowest BCUT2D eigenvalue weighted by atomic mass is 10.0. The van der Waals surface area contributed by atoms with Gasteiger partial charge in [0, 0.05) is 31.6 Å². The molecule has 2 aliphatic rings. The number of benzene rings is 1. The van der Waals surface area contributed by atoms with E-state index in [-0.39, 0.29) is 24.1 Å². The topological polar surface area (TPSA) is 105 Å². The van der Waals surface area contributed by atoms with Crippen LogP contribution < -0.4 is 16.4 Å². The first-order valence-corrected chi connectivity index (χ1v) is 8.83. The maximum absolute atomic E-state index is 12.6. The van der Waals surface area contributed by atoms with E-state index in [1.807, 2.05) is 18.2 Å². The monoisotopic (exact) mass is 356 g/mol. The predicted octanol–water partition coefficient (Wildman–Crippen LogP) is 0.442. The number of carbonyl (C=O) groups is 3. The molecule has 4 N–H and O–H groups in total. The van der Waals surface area contributed by atoms with Crippen molar-refractivity contribution in [3.63, 3.8) is 0 Å². The number of hydrogen-bond acceptors (Lipinski definition) is 5. The third kappa shape index (κ3) is 3.84. The van der Waals surface area contributed by atoms with Crippen molar-refractivity contribution >= 4 is 17.7 Å². The van der Waals surface area contributed by atoms with Gasteiger partial charge in [-0.3, -0.25) is 19.7 Å². The summed E-state index contributed by atoms with van der Waals surface area (Å²) in [5, 5.41) is 5.63. The van der Waals surface area contributed by atoms with Crippen molar-refractivity contribution in [3.8, 4) is 0 Å². The van der Waals surface area contributed by atoms with E-state index < -0.39 is 6.04 Å². The molecule has 1 aromatic rings. The van der Waals surface area contributed by atoms with Crippen molar-refractivity contribution in [2.75, 3.05) is 13.1 Å². The summed E-state index contributed by atoms with van der Waals surface area (Å²) in [7, 11) is 0. The highest BCUT2D eigenvalue weighted by atomic mass is 16.2. The Hall–Kier alpha value is -2.51. The minimum atomic E-state index is -0.575. The van der Waals surface area contributed by atoms with E-state index >= 15 is 0 Å². The van der Waals surface area contributed by atoms with Gasteiger partial charge in [0.1, 0.15) is 6.04 Å². The number of imide groups is 1. The number of rotatable bonds is 7. The van der Waals surface area contributed by atoms with Crippen LogP contribution in [0, 0.1) is 0 Å². The third-order valence-corrected chi connectivity index (χ3v) is 4.79. The molecule has 0 saturated carbocycles. The van der Waals surface area contributed by atoms with Gasteiger partial charge in [-0.15, -0.1) is 0 Å². The zero-order valence-corrected chi connectivity index (χ0v) is 14.7. The lowest BCUT2D eigenvalue weighted by Gasteiger charge is -2.29. The van der Waals surface area contributed by atoms with Crippen molar-refractivity contribution in [1.82, 2.24) is 15.5 Å². The Balaban J connectivity index is 1.64. The number of nitrogens with one attached hydrogen (secondary N) is 2. The summed E-state index contributed by atoms with van der Waals surface area (Å²) in [6.45, 7) is 6.33. The fraction of sp³-hybridized carbons (Fsp3) is 0.421. The van der Waals surface area contributed by atoms with Crippen LogP contribution in [0.4, 0.5) is 0 Å². The van der Waals surface area contributed by atoms with Crippen LogP contribution in [0.5, 0.6) is 0 Å². The third-order valence-electron chi connectivity index (χ3n) is 4.79. The fourth-order valence-electron chi connectivity index (χ4n) is 3.41. The molecule has 7 heteroatoms. The molecule has 2 aliphatic heterocycles. The lowest BCUT2D eigenvalue weighted by molar-refractivity contribution is -0.136. The van der Waals surface area contributed by atoms with Crippen LogP contribution in [-0.2, 0) is 22.7 Å². The van der Waals surface area contributed by atoms with Gasteiger partial charge in [-0.1, -0.05) is 24.3 Å². The Morgan fingerprint density at radius 1 is 1.35 bits per heavy atom. The Morgan fingerprint density at radius 2 is 2.15 bits per heavy atom. The first-order valence-electron chi connectivity index (χ1n) is 8.83. The van der Waals surface area contributed by atoms with E-state index in [0.29, 0.717) is 38.2 Å². The second-order valence-electron chi connectivity index (χ2n) is 6.78. The number of fused-ring (bicyclic) bond motifs is 1. The smallest absolute Gasteiger partial charge is 0.255 e. The maximum Gasteiger partial charge on any atom is 0.255 e. The summed E-state index contributed by atoms with van der Waals surface area (Å²) in [6, 6.07) is 5.16. The van der Waals surface area contributed by atoms with Gasteiger partial charge in [0.15, 0.2) is 0 Å². The number of piperidine rings is 1. The summed E-state index contributed by atoms with van der Waals surface area (Å²) in [5.74, 6) is -0.812. The highest BCUT2D eigenvalue weighted by molar-refractivity contribution is 6.05.